The summed E-state index contributed by atoms with van der Waals surface area (Å²) in [6, 6.07) is 3.72. The number of hydrogen-bond donors (Lipinski definition) is 1. The van der Waals surface area contributed by atoms with Crippen LogP contribution in [-0.4, -0.2) is 41.8 Å². The molecule has 1 saturated heterocycles. The Morgan fingerprint density at radius 1 is 1.43 bits per heavy atom. The van der Waals surface area contributed by atoms with Crippen molar-refractivity contribution in [3.8, 4) is 0 Å². The molecule has 2 heterocycles. The lowest BCUT2D eigenvalue weighted by atomic mass is 10.0. The summed E-state index contributed by atoms with van der Waals surface area (Å²) >= 11 is 0. The number of aryl methyl sites for hydroxylation is 1. The van der Waals surface area contributed by atoms with E-state index in [1.54, 1.807) is 0 Å². The number of ether oxygens (including phenoxy) is 1. The Morgan fingerprint density at radius 2 is 2.29 bits per heavy atom. The lowest BCUT2D eigenvalue weighted by Gasteiger charge is -2.36. The second-order valence-corrected chi connectivity index (χ2v) is 5.88. The van der Waals surface area contributed by atoms with Crippen molar-refractivity contribution < 1.29 is 19.1 Å². The molecule has 2 aliphatic rings. The van der Waals surface area contributed by atoms with Gasteiger partial charge in [-0.25, -0.2) is 0 Å². The standard InChI is InChI=1S/C16H23NO4/c1-2-11-6-7-15(21-11)13-10-20-9-8-17(13)16(19)12-4-3-5-14(12)18/h6-7,12-14,18H,2-5,8-10H2,1H3. The average Bonchev–Trinajstić information content (AvgIpc) is 3.15. The molecule has 2 fully saturated rings. The van der Waals surface area contributed by atoms with Crippen LogP contribution in [0.2, 0.25) is 0 Å². The van der Waals surface area contributed by atoms with Gasteiger partial charge < -0.3 is 19.2 Å². The number of carbonyl (C=O) groups is 1. The number of carbonyl (C=O) groups excluding carboxylic acids is 1. The van der Waals surface area contributed by atoms with Gasteiger partial charge in [-0.3, -0.25) is 4.79 Å². The molecule has 3 unspecified atom stereocenters. The lowest BCUT2D eigenvalue weighted by molar-refractivity contribution is -0.148. The van der Waals surface area contributed by atoms with Gasteiger partial charge in [0.2, 0.25) is 5.91 Å². The van der Waals surface area contributed by atoms with E-state index < -0.39 is 6.10 Å². The minimum atomic E-state index is -0.496. The third-order valence-corrected chi connectivity index (χ3v) is 4.57. The number of amides is 1. The van der Waals surface area contributed by atoms with E-state index in [-0.39, 0.29) is 17.9 Å². The minimum Gasteiger partial charge on any atom is -0.464 e. The maximum Gasteiger partial charge on any atom is 0.229 e. The molecule has 3 atom stereocenters. The fraction of sp³-hybridized carbons (Fsp3) is 0.688. The smallest absolute Gasteiger partial charge is 0.229 e. The Morgan fingerprint density at radius 3 is 2.95 bits per heavy atom. The summed E-state index contributed by atoms with van der Waals surface area (Å²) in [5.74, 6) is 1.49. The molecule has 5 nitrogen and oxygen atoms in total. The molecule has 116 valence electrons. The second kappa shape index (κ2) is 6.20. The zero-order valence-corrected chi connectivity index (χ0v) is 12.5. The van der Waals surface area contributed by atoms with Crippen LogP contribution >= 0.6 is 0 Å². The van der Waals surface area contributed by atoms with Crippen molar-refractivity contribution in [2.24, 2.45) is 5.92 Å². The van der Waals surface area contributed by atoms with E-state index in [9.17, 15) is 9.90 Å². The van der Waals surface area contributed by atoms with Crippen LogP contribution in [0.4, 0.5) is 0 Å². The van der Waals surface area contributed by atoms with Gasteiger partial charge in [0.1, 0.15) is 17.6 Å². The van der Waals surface area contributed by atoms with E-state index in [1.807, 2.05) is 24.0 Å². The Bertz CT molecular complexity index is 498. The largest absolute Gasteiger partial charge is 0.464 e. The number of morpholine rings is 1. The van der Waals surface area contributed by atoms with Crippen LogP contribution in [-0.2, 0) is 16.0 Å². The van der Waals surface area contributed by atoms with Crippen molar-refractivity contribution in [2.75, 3.05) is 19.8 Å². The molecule has 3 rings (SSSR count). The Hall–Kier alpha value is -1.33. The topological polar surface area (TPSA) is 62.9 Å². The van der Waals surface area contributed by atoms with E-state index in [4.69, 9.17) is 9.15 Å². The molecule has 0 radical (unpaired) electrons. The average molecular weight is 293 g/mol. The van der Waals surface area contributed by atoms with E-state index in [0.29, 0.717) is 19.8 Å². The summed E-state index contributed by atoms with van der Waals surface area (Å²) in [5, 5.41) is 9.99. The zero-order chi connectivity index (χ0) is 14.8. The van der Waals surface area contributed by atoms with E-state index in [1.165, 1.54) is 0 Å². The monoisotopic (exact) mass is 293 g/mol. The SMILES string of the molecule is CCc1ccc(C2COCCN2C(=O)C2CCCC2O)o1. The highest BCUT2D eigenvalue weighted by Gasteiger charge is 2.39. The van der Waals surface area contributed by atoms with E-state index >= 15 is 0 Å². The van der Waals surface area contributed by atoms with Crippen LogP contribution in [0.1, 0.15) is 43.7 Å². The van der Waals surface area contributed by atoms with Crippen molar-refractivity contribution in [2.45, 2.75) is 44.8 Å². The van der Waals surface area contributed by atoms with Crippen molar-refractivity contribution in [3.05, 3.63) is 23.7 Å². The molecular weight excluding hydrogens is 270 g/mol. The molecule has 1 aliphatic heterocycles. The van der Waals surface area contributed by atoms with E-state index in [0.717, 1.165) is 37.2 Å². The highest BCUT2D eigenvalue weighted by molar-refractivity contribution is 5.80. The summed E-state index contributed by atoms with van der Waals surface area (Å²) < 4.78 is 11.3. The summed E-state index contributed by atoms with van der Waals surface area (Å²) in [5.41, 5.74) is 0. The number of aliphatic hydroxyl groups excluding tert-OH is 1. The van der Waals surface area contributed by atoms with Gasteiger partial charge in [0, 0.05) is 13.0 Å². The van der Waals surface area contributed by atoms with Crippen LogP contribution < -0.4 is 0 Å². The van der Waals surface area contributed by atoms with Gasteiger partial charge in [0.05, 0.1) is 25.2 Å². The number of nitrogens with zero attached hydrogens (tertiary/aromatic N) is 1. The molecule has 1 aromatic heterocycles. The number of furan rings is 1. The van der Waals surface area contributed by atoms with Gasteiger partial charge in [0.15, 0.2) is 0 Å². The third kappa shape index (κ3) is 2.85. The second-order valence-electron chi connectivity index (χ2n) is 5.88. The fourth-order valence-corrected chi connectivity index (χ4v) is 3.31. The zero-order valence-electron chi connectivity index (χ0n) is 12.5. The number of aliphatic hydroxyl groups is 1. The lowest BCUT2D eigenvalue weighted by Crippen LogP contribution is -2.47. The number of hydrogen-bond acceptors (Lipinski definition) is 4. The predicted molar refractivity (Wildman–Crippen MR) is 76.7 cm³/mol. The van der Waals surface area contributed by atoms with Crippen molar-refractivity contribution in [3.63, 3.8) is 0 Å². The van der Waals surface area contributed by atoms with Crippen molar-refractivity contribution in [1.82, 2.24) is 4.90 Å². The van der Waals surface area contributed by atoms with E-state index in [2.05, 4.69) is 0 Å². The normalized spacial score (nSPS) is 29.8. The molecule has 1 aliphatic carbocycles. The summed E-state index contributed by atoms with van der Waals surface area (Å²) in [4.78, 5) is 14.6. The first-order valence-electron chi connectivity index (χ1n) is 7.85. The maximum atomic E-state index is 12.7. The minimum absolute atomic E-state index is 0.0442. The fourth-order valence-electron chi connectivity index (χ4n) is 3.31. The van der Waals surface area contributed by atoms with Gasteiger partial charge in [-0.05, 0) is 31.4 Å². The van der Waals surface area contributed by atoms with Crippen LogP contribution in [0.25, 0.3) is 0 Å². The molecule has 1 amide bonds. The Balaban J connectivity index is 1.79. The van der Waals surface area contributed by atoms with Crippen molar-refractivity contribution in [1.29, 1.82) is 0 Å². The molecule has 1 N–H and O–H groups in total. The number of rotatable bonds is 3. The van der Waals surface area contributed by atoms with Crippen LogP contribution in [0.15, 0.2) is 16.5 Å². The summed E-state index contributed by atoms with van der Waals surface area (Å²) in [7, 11) is 0. The van der Waals surface area contributed by atoms with Crippen molar-refractivity contribution >= 4 is 5.91 Å². The molecule has 0 spiro atoms. The highest BCUT2D eigenvalue weighted by Crippen LogP contribution is 2.32. The molecule has 0 aromatic carbocycles. The first-order chi connectivity index (χ1) is 10.2. The van der Waals surface area contributed by atoms with Crippen LogP contribution in [0.5, 0.6) is 0 Å². The third-order valence-electron chi connectivity index (χ3n) is 4.57. The maximum absolute atomic E-state index is 12.7. The predicted octanol–water partition coefficient (Wildman–Crippen LogP) is 1.90. The molecular formula is C16H23NO4. The molecule has 0 bridgehead atoms. The van der Waals surface area contributed by atoms with Crippen LogP contribution in [0, 0.1) is 5.92 Å². The first-order valence-corrected chi connectivity index (χ1v) is 7.85. The highest BCUT2D eigenvalue weighted by atomic mass is 16.5. The molecule has 5 heteroatoms. The Labute approximate surface area is 124 Å². The van der Waals surface area contributed by atoms with Gasteiger partial charge in [-0.15, -0.1) is 0 Å². The Kier molecular flexibility index (Phi) is 4.31. The summed E-state index contributed by atoms with van der Waals surface area (Å²) in [6.45, 7) is 3.62. The molecule has 1 saturated carbocycles. The quantitative estimate of drug-likeness (QED) is 0.924. The first kappa shape index (κ1) is 14.6. The summed E-state index contributed by atoms with van der Waals surface area (Å²) in [6.07, 6.45) is 2.77. The van der Waals surface area contributed by atoms with Crippen LogP contribution in [0.3, 0.4) is 0 Å². The van der Waals surface area contributed by atoms with Gasteiger partial charge in [-0.2, -0.15) is 0 Å². The molecule has 1 aromatic rings. The molecule has 21 heavy (non-hydrogen) atoms. The van der Waals surface area contributed by atoms with Gasteiger partial charge >= 0.3 is 0 Å². The van der Waals surface area contributed by atoms with Gasteiger partial charge in [0.25, 0.3) is 0 Å². The van der Waals surface area contributed by atoms with Gasteiger partial charge in [-0.1, -0.05) is 6.92 Å².